The molecular formula is C17H20N4O. The molecule has 0 unspecified atom stereocenters. The molecular weight excluding hydrogens is 276 g/mol. The van der Waals surface area contributed by atoms with Crippen LogP contribution in [0.4, 0.5) is 4.79 Å². The predicted octanol–water partition coefficient (Wildman–Crippen LogP) is 2.57. The normalized spacial score (nSPS) is 15.5. The molecule has 22 heavy (non-hydrogen) atoms. The van der Waals surface area contributed by atoms with Crippen LogP contribution in [-0.2, 0) is 6.54 Å². The molecule has 3 rings (SSSR count). The Bertz CT molecular complexity index is 595. The average Bonchev–Trinajstić information content (AvgIpc) is 2.61. The number of aromatic nitrogens is 2. The number of pyridine rings is 2. The SMILES string of the molecule is O=C(NCc1cccnc1)N1CCC(c2ccncc2)CC1. The molecule has 2 aromatic rings. The molecule has 0 bridgehead atoms. The summed E-state index contributed by atoms with van der Waals surface area (Å²) in [5, 5.41) is 2.96. The fourth-order valence-corrected chi connectivity index (χ4v) is 2.84. The van der Waals surface area contributed by atoms with E-state index in [2.05, 4.69) is 27.4 Å². The lowest BCUT2D eigenvalue weighted by molar-refractivity contribution is 0.181. The maximum absolute atomic E-state index is 12.2. The van der Waals surface area contributed by atoms with Gasteiger partial charge < -0.3 is 10.2 Å². The molecule has 1 saturated heterocycles. The van der Waals surface area contributed by atoms with E-state index in [-0.39, 0.29) is 6.03 Å². The zero-order valence-electron chi connectivity index (χ0n) is 12.5. The van der Waals surface area contributed by atoms with Crippen LogP contribution >= 0.6 is 0 Å². The molecule has 0 atom stereocenters. The van der Waals surface area contributed by atoms with Gasteiger partial charge in [-0.05, 0) is 48.1 Å². The number of rotatable bonds is 3. The second-order valence-electron chi connectivity index (χ2n) is 5.56. The van der Waals surface area contributed by atoms with E-state index in [0.717, 1.165) is 31.5 Å². The number of amides is 2. The Morgan fingerprint density at radius 1 is 1.14 bits per heavy atom. The first kappa shape index (κ1) is 14.5. The number of carbonyl (C=O) groups excluding carboxylic acids is 1. The summed E-state index contributed by atoms with van der Waals surface area (Å²) in [4.78, 5) is 22.2. The van der Waals surface area contributed by atoms with Gasteiger partial charge in [-0.25, -0.2) is 4.79 Å². The summed E-state index contributed by atoms with van der Waals surface area (Å²) in [5.41, 5.74) is 2.34. The van der Waals surface area contributed by atoms with Crippen molar-refractivity contribution in [2.24, 2.45) is 0 Å². The molecule has 2 aromatic heterocycles. The van der Waals surface area contributed by atoms with Crippen molar-refractivity contribution >= 4 is 6.03 Å². The van der Waals surface area contributed by atoms with Crippen molar-refractivity contribution in [2.45, 2.75) is 25.3 Å². The van der Waals surface area contributed by atoms with Crippen LogP contribution in [-0.4, -0.2) is 34.0 Å². The zero-order valence-corrected chi connectivity index (χ0v) is 12.5. The predicted molar refractivity (Wildman–Crippen MR) is 84.3 cm³/mol. The Morgan fingerprint density at radius 2 is 1.91 bits per heavy atom. The highest BCUT2D eigenvalue weighted by Crippen LogP contribution is 2.27. The highest BCUT2D eigenvalue weighted by atomic mass is 16.2. The van der Waals surface area contributed by atoms with Crippen molar-refractivity contribution in [3.05, 3.63) is 60.2 Å². The van der Waals surface area contributed by atoms with Crippen LogP contribution in [0, 0.1) is 0 Å². The highest BCUT2D eigenvalue weighted by Gasteiger charge is 2.23. The molecule has 1 aliphatic heterocycles. The summed E-state index contributed by atoms with van der Waals surface area (Å²) < 4.78 is 0. The van der Waals surface area contributed by atoms with Gasteiger partial charge >= 0.3 is 6.03 Å². The fraction of sp³-hybridized carbons (Fsp3) is 0.353. The first-order valence-corrected chi connectivity index (χ1v) is 7.64. The largest absolute Gasteiger partial charge is 0.334 e. The van der Waals surface area contributed by atoms with Crippen LogP contribution in [0.15, 0.2) is 49.1 Å². The Hall–Kier alpha value is -2.43. The number of hydrogen-bond donors (Lipinski definition) is 1. The number of nitrogens with zero attached hydrogens (tertiary/aromatic N) is 3. The van der Waals surface area contributed by atoms with Crippen molar-refractivity contribution in [1.29, 1.82) is 0 Å². The maximum Gasteiger partial charge on any atom is 0.317 e. The molecule has 5 heteroatoms. The van der Waals surface area contributed by atoms with Gasteiger partial charge in [-0.3, -0.25) is 9.97 Å². The average molecular weight is 296 g/mol. The van der Waals surface area contributed by atoms with Gasteiger partial charge in [0.1, 0.15) is 0 Å². The standard InChI is InChI=1S/C17H20N4O/c22-17(20-13-14-2-1-7-19-12-14)21-10-5-16(6-11-21)15-3-8-18-9-4-15/h1-4,7-9,12,16H,5-6,10-11,13H2,(H,20,22). The van der Waals surface area contributed by atoms with Crippen molar-refractivity contribution in [2.75, 3.05) is 13.1 Å². The van der Waals surface area contributed by atoms with Gasteiger partial charge in [0.25, 0.3) is 0 Å². The molecule has 5 nitrogen and oxygen atoms in total. The summed E-state index contributed by atoms with van der Waals surface area (Å²) in [7, 11) is 0. The summed E-state index contributed by atoms with van der Waals surface area (Å²) in [6.45, 7) is 2.12. The van der Waals surface area contributed by atoms with Crippen LogP contribution in [0.1, 0.15) is 29.9 Å². The third-order valence-electron chi connectivity index (χ3n) is 4.13. The van der Waals surface area contributed by atoms with E-state index in [9.17, 15) is 4.79 Å². The first-order valence-electron chi connectivity index (χ1n) is 7.64. The van der Waals surface area contributed by atoms with Crippen LogP contribution in [0.5, 0.6) is 0 Å². The second-order valence-corrected chi connectivity index (χ2v) is 5.56. The summed E-state index contributed by atoms with van der Waals surface area (Å²) in [6, 6.07) is 7.99. The van der Waals surface area contributed by atoms with Crippen LogP contribution in [0.25, 0.3) is 0 Å². The van der Waals surface area contributed by atoms with Crippen molar-refractivity contribution in [3.63, 3.8) is 0 Å². The van der Waals surface area contributed by atoms with Gasteiger partial charge in [0.15, 0.2) is 0 Å². The molecule has 0 radical (unpaired) electrons. The number of nitrogens with one attached hydrogen (secondary N) is 1. The van der Waals surface area contributed by atoms with Crippen molar-refractivity contribution in [1.82, 2.24) is 20.2 Å². The zero-order chi connectivity index (χ0) is 15.2. The first-order chi connectivity index (χ1) is 10.8. The number of urea groups is 1. The number of likely N-dealkylation sites (tertiary alicyclic amines) is 1. The summed E-state index contributed by atoms with van der Waals surface area (Å²) in [5.74, 6) is 0.533. The third-order valence-corrected chi connectivity index (χ3v) is 4.13. The van der Waals surface area contributed by atoms with E-state index in [1.54, 1.807) is 12.4 Å². The lowest BCUT2D eigenvalue weighted by Gasteiger charge is -2.32. The van der Waals surface area contributed by atoms with E-state index in [1.165, 1.54) is 5.56 Å². The van der Waals surface area contributed by atoms with Gasteiger partial charge in [-0.1, -0.05) is 6.07 Å². The highest BCUT2D eigenvalue weighted by molar-refractivity contribution is 5.74. The molecule has 1 aliphatic rings. The molecule has 0 spiro atoms. The van der Waals surface area contributed by atoms with Crippen molar-refractivity contribution < 1.29 is 4.79 Å². The quantitative estimate of drug-likeness (QED) is 0.947. The minimum atomic E-state index is 0.0111. The van der Waals surface area contributed by atoms with E-state index in [1.807, 2.05) is 29.4 Å². The van der Waals surface area contributed by atoms with E-state index >= 15 is 0 Å². The molecule has 0 aliphatic carbocycles. The Kier molecular flexibility index (Phi) is 4.63. The van der Waals surface area contributed by atoms with E-state index < -0.39 is 0 Å². The van der Waals surface area contributed by atoms with Gasteiger partial charge in [0.05, 0.1) is 0 Å². The minimum absolute atomic E-state index is 0.0111. The van der Waals surface area contributed by atoms with E-state index in [4.69, 9.17) is 0 Å². The smallest absolute Gasteiger partial charge is 0.317 e. The molecule has 1 N–H and O–H groups in total. The number of piperidine rings is 1. The molecule has 114 valence electrons. The summed E-state index contributed by atoms with van der Waals surface area (Å²) >= 11 is 0. The van der Waals surface area contributed by atoms with Gasteiger partial charge in [-0.15, -0.1) is 0 Å². The van der Waals surface area contributed by atoms with Gasteiger partial charge in [-0.2, -0.15) is 0 Å². The van der Waals surface area contributed by atoms with Crippen LogP contribution < -0.4 is 5.32 Å². The lowest BCUT2D eigenvalue weighted by Crippen LogP contribution is -2.43. The third kappa shape index (κ3) is 3.61. The van der Waals surface area contributed by atoms with Gasteiger partial charge in [0.2, 0.25) is 0 Å². The Morgan fingerprint density at radius 3 is 2.59 bits per heavy atom. The second kappa shape index (κ2) is 7.02. The minimum Gasteiger partial charge on any atom is -0.334 e. The molecule has 1 fully saturated rings. The topological polar surface area (TPSA) is 58.1 Å². The fourth-order valence-electron chi connectivity index (χ4n) is 2.84. The molecule has 3 heterocycles. The molecule has 2 amide bonds. The Labute approximate surface area is 130 Å². The van der Waals surface area contributed by atoms with Crippen LogP contribution in [0.3, 0.4) is 0 Å². The molecule has 0 saturated carbocycles. The Balaban J connectivity index is 1.48. The lowest BCUT2D eigenvalue weighted by atomic mass is 9.90. The maximum atomic E-state index is 12.2. The number of carbonyl (C=O) groups is 1. The summed E-state index contributed by atoms with van der Waals surface area (Å²) in [6.07, 6.45) is 9.18. The molecule has 0 aromatic carbocycles. The monoisotopic (exact) mass is 296 g/mol. The van der Waals surface area contributed by atoms with Crippen molar-refractivity contribution in [3.8, 4) is 0 Å². The van der Waals surface area contributed by atoms with Gasteiger partial charge in [0, 0.05) is 44.4 Å². The van der Waals surface area contributed by atoms with E-state index in [0.29, 0.717) is 12.5 Å². The number of hydrogen-bond acceptors (Lipinski definition) is 3. The van der Waals surface area contributed by atoms with Crippen LogP contribution in [0.2, 0.25) is 0 Å².